The van der Waals surface area contributed by atoms with Gasteiger partial charge in [-0.1, -0.05) is 25.1 Å². The molecule has 0 aliphatic rings. The predicted molar refractivity (Wildman–Crippen MR) is 69.9 cm³/mol. The highest BCUT2D eigenvalue weighted by Gasteiger charge is 2.08. The Morgan fingerprint density at radius 3 is 2.33 bits per heavy atom. The van der Waals surface area contributed by atoms with Crippen molar-refractivity contribution in [3.8, 4) is 11.4 Å². The summed E-state index contributed by atoms with van der Waals surface area (Å²) in [6, 6.07) is 13.1. The number of hydrogen-bond donors (Lipinski definition) is 1. The highest BCUT2D eigenvalue weighted by atomic mass is 16.3. The molecule has 18 heavy (non-hydrogen) atoms. The standard InChI is InChI=1S/C14H13N3O/c1-2-10-7-8-14(18)13(9-10)17-15-11-5-3-4-6-12(11)16-17/h3-9,18H,2H2,1H3. The topological polar surface area (TPSA) is 50.9 Å². The Labute approximate surface area is 104 Å². The fourth-order valence-electron chi connectivity index (χ4n) is 1.92. The van der Waals surface area contributed by atoms with Gasteiger partial charge in [-0.25, -0.2) is 0 Å². The molecule has 3 rings (SSSR count). The molecule has 1 heterocycles. The molecule has 90 valence electrons. The van der Waals surface area contributed by atoms with Crippen LogP contribution in [0.5, 0.6) is 5.75 Å². The number of phenols is 1. The molecule has 0 aliphatic carbocycles. The maximum Gasteiger partial charge on any atom is 0.143 e. The van der Waals surface area contributed by atoms with Crippen molar-refractivity contribution in [1.82, 2.24) is 15.0 Å². The van der Waals surface area contributed by atoms with Gasteiger partial charge in [0.2, 0.25) is 0 Å². The molecule has 0 amide bonds. The van der Waals surface area contributed by atoms with E-state index >= 15 is 0 Å². The lowest BCUT2D eigenvalue weighted by Gasteiger charge is -2.04. The van der Waals surface area contributed by atoms with Crippen molar-refractivity contribution >= 4 is 11.0 Å². The maximum absolute atomic E-state index is 9.91. The smallest absolute Gasteiger partial charge is 0.143 e. The van der Waals surface area contributed by atoms with Crippen LogP contribution in [0.25, 0.3) is 16.7 Å². The molecule has 0 unspecified atom stereocenters. The Hall–Kier alpha value is -2.36. The highest BCUT2D eigenvalue weighted by Crippen LogP contribution is 2.23. The van der Waals surface area contributed by atoms with Gasteiger partial charge in [0.25, 0.3) is 0 Å². The molecule has 1 aromatic heterocycles. The van der Waals surface area contributed by atoms with Gasteiger partial charge in [-0.2, -0.15) is 0 Å². The maximum atomic E-state index is 9.91. The van der Waals surface area contributed by atoms with Crippen LogP contribution in [0.3, 0.4) is 0 Å². The van der Waals surface area contributed by atoms with Crippen LogP contribution in [0.15, 0.2) is 42.5 Å². The average molecular weight is 239 g/mol. The third kappa shape index (κ3) is 1.72. The first-order chi connectivity index (χ1) is 8.78. The predicted octanol–water partition coefficient (Wildman–Crippen LogP) is 2.69. The van der Waals surface area contributed by atoms with E-state index in [0.717, 1.165) is 23.0 Å². The van der Waals surface area contributed by atoms with Gasteiger partial charge in [0, 0.05) is 0 Å². The Balaban J connectivity index is 2.19. The molecule has 0 spiro atoms. The van der Waals surface area contributed by atoms with Gasteiger partial charge in [-0.3, -0.25) is 0 Å². The summed E-state index contributed by atoms with van der Waals surface area (Å²) in [6.45, 7) is 2.07. The Morgan fingerprint density at radius 2 is 1.72 bits per heavy atom. The summed E-state index contributed by atoms with van der Waals surface area (Å²) in [5.41, 5.74) is 3.40. The fourth-order valence-corrected chi connectivity index (χ4v) is 1.92. The van der Waals surface area contributed by atoms with Crippen LogP contribution < -0.4 is 0 Å². The van der Waals surface area contributed by atoms with Crippen molar-refractivity contribution in [1.29, 1.82) is 0 Å². The summed E-state index contributed by atoms with van der Waals surface area (Å²) in [5.74, 6) is 0.188. The molecule has 0 radical (unpaired) electrons. The van der Waals surface area contributed by atoms with Crippen LogP contribution in [0, 0.1) is 0 Å². The summed E-state index contributed by atoms with van der Waals surface area (Å²) in [5, 5.41) is 18.6. The van der Waals surface area contributed by atoms with E-state index in [2.05, 4.69) is 17.1 Å². The quantitative estimate of drug-likeness (QED) is 0.748. The lowest BCUT2D eigenvalue weighted by atomic mass is 10.1. The van der Waals surface area contributed by atoms with Crippen molar-refractivity contribution in [2.45, 2.75) is 13.3 Å². The largest absolute Gasteiger partial charge is 0.506 e. The van der Waals surface area contributed by atoms with E-state index in [0.29, 0.717) is 5.69 Å². The zero-order valence-corrected chi connectivity index (χ0v) is 10.0. The summed E-state index contributed by atoms with van der Waals surface area (Å²) < 4.78 is 0. The van der Waals surface area contributed by atoms with E-state index in [9.17, 15) is 5.11 Å². The molecular weight excluding hydrogens is 226 g/mol. The minimum atomic E-state index is 0.188. The SMILES string of the molecule is CCc1ccc(O)c(-n2nc3ccccc3n2)c1. The lowest BCUT2D eigenvalue weighted by molar-refractivity contribution is 0.467. The molecule has 0 saturated heterocycles. The lowest BCUT2D eigenvalue weighted by Crippen LogP contribution is -1.99. The molecule has 2 aromatic carbocycles. The monoisotopic (exact) mass is 239 g/mol. The minimum Gasteiger partial charge on any atom is -0.506 e. The molecule has 4 heteroatoms. The number of phenolic OH excluding ortho intramolecular Hbond substituents is 1. The number of hydrogen-bond acceptors (Lipinski definition) is 3. The molecule has 1 N–H and O–H groups in total. The van der Waals surface area contributed by atoms with Crippen molar-refractivity contribution < 1.29 is 5.11 Å². The molecule has 0 aliphatic heterocycles. The third-order valence-corrected chi connectivity index (χ3v) is 2.95. The average Bonchev–Trinajstić information content (AvgIpc) is 2.82. The number of rotatable bonds is 2. The Morgan fingerprint density at radius 1 is 1.06 bits per heavy atom. The highest BCUT2D eigenvalue weighted by molar-refractivity contribution is 5.73. The van der Waals surface area contributed by atoms with Crippen molar-refractivity contribution in [3.05, 3.63) is 48.0 Å². The Kier molecular flexibility index (Phi) is 2.48. The van der Waals surface area contributed by atoms with E-state index in [4.69, 9.17) is 0 Å². The second-order valence-corrected chi connectivity index (χ2v) is 4.15. The number of aromatic hydroxyl groups is 1. The van der Waals surface area contributed by atoms with E-state index in [1.807, 2.05) is 36.4 Å². The van der Waals surface area contributed by atoms with Crippen molar-refractivity contribution in [2.75, 3.05) is 0 Å². The van der Waals surface area contributed by atoms with Crippen LogP contribution in [-0.4, -0.2) is 20.1 Å². The molecule has 0 atom stereocenters. The van der Waals surface area contributed by atoms with Crippen LogP contribution >= 0.6 is 0 Å². The molecule has 3 aromatic rings. The van der Waals surface area contributed by atoms with Gasteiger partial charge in [-0.15, -0.1) is 15.0 Å². The van der Waals surface area contributed by atoms with Crippen molar-refractivity contribution in [3.63, 3.8) is 0 Å². The van der Waals surface area contributed by atoms with E-state index in [-0.39, 0.29) is 5.75 Å². The fraction of sp³-hybridized carbons (Fsp3) is 0.143. The van der Waals surface area contributed by atoms with E-state index < -0.39 is 0 Å². The molecule has 0 fully saturated rings. The van der Waals surface area contributed by atoms with E-state index in [1.165, 1.54) is 4.80 Å². The molecular formula is C14H13N3O. The van der Waals surface area contributed by atoms with Gasteiger partial charge in [0.15, 0.2) is 0 Å². The van der Waals surface area contributed by atoms with Gasteiger partial charge in [0.05, 0.1) is 0 Å². The zero-order chi connectivity index (χ0) is 12.5. The summed E-state index contributed by atoms with van der Waals surface area (Å²) in [6.07, 6.45) is 0.911. The van der Waals surface area contributed by atoms with Crippen LogP contribution in [0.4, 0.5) is 0 Å². The van der Waals surface area contributed by atoms with Gasteiger partial charge in [-0.05, 0) is 36.2 Å². The first-order valence-corrected chi connectivity index (χ1v) is 5.92. The third-order valence-electron chi connectivity index (χ3n) is 2.95. The minimum absolute atomic E-state index is 0.188. The summed E-state index contributed by atoms with van der Waals surface area (Å²) >= 11 is 0. The van der Waals surface area contributed by atoms with Gasteiger partial charge < -0.3 is 5.11 Å². The summed E-state index contributed by atoms with van der Waals surface area (Å²) in [4.78, 5) is 1.49. The van der Waals surface area contributed by atoms with Crippen molar-refractivity contribution in [2.24, 2.45) is 0 Å². The number of fused-ring (bicyclic) bond motifs is 1. The van der Waals surface area contributed by atoms with Crippen LogP contribution in [0.2, 0.25) is 0 Å². The first-order valence-electron chi connectivity index (χ1n) is 5.92. The normalized spacial score (nSPS) is 10.9. The second kappa shape index (κ2) is 4.14. The van der Waals surface area contributed by atoms with E-state index in [1.54, 1.807) is 6.07 Å². The number of benzene rings is 2. The summed E-state index contributed by atoms with van der Waals surface area (Å²) in [7, 11) is 0. The zero-order valence-electron chi connectivity index (χ0n) is 10.0. The van der Waals surface area contributed by atoms with Crippen LogP contribution in [0.1, 0.15) is 12.5 Å². The molecule has 0 bridgehead atoms. The second-order valence-electron chi connectivity index (χ2n) is 4.15. The van der Waals surface area contributed by atoms with Crippen LogP contribution in [-0.2, 0) is 6.42 Å². The van der Waals surface area contributed by atoms with Gasteiger partial charge in [0.1, 0.15) is 22.5 Å². The molecule has 4 nitrogen and oxygen atoms in total. The number of nitrogens with zero attached hydrogens (tertiary/aromatic N) is 3. The number of aryl methyl sites for hydroxylation is 1. The molecule has 0 saturated carbocycles. The van der Waals surface area contributed by atoms with Gasteiger partial charge >= 0.3 is 0 Å². The number of aromatic nitrogens is 3. The Bertz CT molecular complexity index is 670. The first kappa shape index (κ1) is 10.8.